The molecular formula is C12H11F3N2O. The fourth-order valence-electron chi connectivity index (χ4n) is 2.79. The second-order valence-corrected chi connectivity index (χ2v) is 4.69. The van der Waals surface area contributed by atoms with Crippen LogP contribution >= 0.6 is 0 Å². The van der Waals surface area contributed by atoms with Crippen molar-refractivity contribution in [1.82, 2.24) is 5.32 Å². The van der Waals surface area contributed by atoms with Crippen LogP contribution in [0.25, 0.3) is 0 Å². The van der Waals surface area contributed by atoms with Gasteiger partial charge in [-0.05, 0) is 24.6 Å². The van der Waals surface area contributed by atoms with Gasteiger partial charge in [0, 0.05) is 6.54 Å². The van der Waals surface area contributed by atoms with E-state index in [2.05, 4.69) is 10.6 Å². The van der Waals surface area contributed by atoms with Gasteiger partial charge in [0.15, 0.2) is 0 Å². The third-order valence-electron chi connectivity index (χ3n) is 3.71. The first-order valence-electron chi connectivity index (χ1n) is 5.68. The summed E-state index contributed by atoms with van der Waals surface area (Å²) in [6.45, 7) is 1.04. The summed E-state index contributed by atoms with van der Waals surface area (Å²) in [6.07, 6.45) is -3.91. The minimum absolute atomic E-state index is 0.0706. The summed E-state index contributed by atoms with van der Waals surface area (Å²) in [5, 5.41) is 5.45. The van der Waals surface area contributed by atoms with E-state index >= 15 is 0 Å². The molecule has 1 aromatic rings. The van der Waals surface area contributed by atoms with E-state index in [0.29, 0.717) is 25.1 Å². The Morgan fingerprint density at radius 1 is 1.28 bits per heavy atom. The molecule has 2 heterocycles. The number of nitrogens with one attached hydrogen (secondary N) is 2. The summed E-state index contributed by atoms with van der Waals surface area (Å²) in [7, 11) is 0. The number of fused-ring (bicyclic) bond motifs is 2. The normalized spacial score (nSPS) is 26.5. The van der Waals surface area contributed by atoms with Gasteiger partial charge >= 0.3 is 6.18 Å². The highest BCUT2D eigenvalue weighted by atomic mass is 19.4. The number of anilines is 1. The van der Waals surface area contributed by atoms with Gasteiger partial charge in [-0.3, -0.25) is 4.79 Å². The minimum atomic E-state index is -4.45. The molecule has 6 heteroatoms. The van der Waals surface area contributed by atoms with Crippen molar-refractivity contribution in [2.75, 3.05) is 18.4 Å². The zero-order chi connectivity index (χ0) is 13.0. The molecule has 1 saturated heterocycles. The highest BCUT2D eigenvalue weighted by molar-refractivity contribution is 6.07. The van der Waals surface area contributed by atoms with Gasteiger partial charge in [0.25, 0.3) is 0 Å². The number of halogens is 3. The monoisotopic (exact) mass is 256 g/mol. The van der Waals surface area contributed by atoms with Gasteiger partial charge in [0.05, 0.1) is 16.7 Å². The van der Waals surface area contributed by atoms with Crippen LogP contribution in [-0.4, -0.2) is 19.0 Å². The lowest BCUT2D eigenvalue weighted by molar-refractivity contribution is -0.136. The van der Waals surface area contributed by atoms with E-state index in [4.69, 9.17) is 0 Å². The van der Waals surface area contributed by atoms with Gasteiger partial charge in [0.2, 0.25) is 5.91 Å². The van der Waals surface area contributed by atoms with E-state index in [0.717, 1.165) is 6.07 Å². The van der Waals surface area contributed by atoms with E-state index < -0.39 is 17.2 Å². The molecule has 0 radical (unpaired) electrons. The van der Waals surface area contributed by atoms with Crippen molar-refractivity contribution in [2.45, 2.75) is 18.0 Å². The van der Waals surface area contributed by atoms with Crippen LogP contribution in [0.1, 0.15) is 17.5 Å². The molecule has 2 N–H and O–H groups in total. The third kappa shape index (κ3) is 1.38. The molecule has 1 atom stereocenters. The topological polar surface area (TPSA) is 41.1 Å². The Labute approximate surface area is 101 Å². The molecule has 0 bridgehead atoms. The number of alkyl halides is 3. The van der Waals surface area contributed by atoms with E-state index in [1.54, 1.807) is 6.07 Å². The van der Waals surface area contributed by atoms with Gasteiger partial charge in [-0.1, -0.05) is 12.1 Å². The van der Waals surface area contributed by atoms with Crippen molar-refractivity contribution in [1.29, 1.82) is 0 Å². The van der Waals surface area contributed by atoms with Crippen molar-refractivity contribution < 1.29 is 18.0 Å². The number of carbonyl (C=O) groups excluding carboxylic acids is 1. The largest absolute Gasteiger partial charge is 0.418 e. The molecule has 2 aliphatic rings. The standard InChI is InChI=1S/C12H11F3N2O/c13-12(14,15)8-3-1-2-7-9(8)17-10(18)11(7)4-5-16-6-11/h1-3,16H,4-6H2,(H,17,18). The van der Waals surface area contributed by atoms with E-state index in [1.807, 2.05) is 0 Å². The van der Waals surface area contributed by atoms with Crippen LogP contribution in [0.2, 0.25) is 0 Å². The van der Waals surface area contributed by atoms with Crippen LogP contribution in [0.15, 0.2) is 18.2 Å². The van der Waals surface area contributed by atoms with Crippen molar-refractivity contribution in [3.63, 3.8) is 0 Å². The minimum Gasteiger partial charge on any atom is -0.324 e. The molecule has 0 saturated carbocycles. The van der Waals surface area contributed by atoms with Gasteiger partial charge in [-0.15, -0.1) is 0 Å². The maximum atomic E-state index is 12.9. The Balaban J connectivity index is 2.19. The molecule has 0 aliphatic carbocycles. The van der Waals surface area contributed by atoms with Crippen LogP contribution in [0.3, 0.4) is 0 Å². The summed E-state index contributed by atoms with van der Waals surface area (Å²) in [6, 6.07) is 3.97. The molecule has 3 rings (SSSR count). The molecule has 0 aromatic heterocycles. The van der Waals surface area contributed by atoms with E-state index in [9.17, 15) is 18.0 Å². The van der Waals surface area contributed by atoms with Crippen molar-refractivity contribution in [3.8, 4) is 0 Å². The molecule has 1 aromatic carbocycles. The van der Waals surface area contributed by atoms with Crippen molar-refractivity contribution in [3.05, 3.63) is 29.3 Å². The van der Waals surface area contributed by atoms with Crippen LogP contribution in [0, 0.1) is 0 Å². The van der Waals surface area contributed by atoms with Crippen molar-refractivity contribution in [2.24, 2.45) is 0 Å². The summed E-state index contributed by atoms with van der Waals surface area (Å²) < 4.78 is 38.6. The second-order valence-electron chi connectivity index (χ2n) is 4.69. The molecule has 2 aliphatic heterocycles. The number of carbonyl (C=O) groups is 1. The third-order valence-corrected chi connectivity index (χ3v) is 3.71. The lowest BCUT2D eigenvalue weighted by Gasteiger charge is -2.20. The first kappa shape index (κ1) is 11.5. The average Bonchev–Trinajstić information content (AvgIpc) is 2.86. The maximum Gasteiger partial charge on any atom is 0.418 e. The first-order chi connectivity index (χ1) is 8.45. The van der Waals surface area contributed by atoms with Gasteiger partial charge in [-0.25, -0.2) is 0 Å². The fraction of sp³-hybridized carbons (Fsp3) is 0.417. The lowest BCUT2D eigenvalue weighted by Crippen LogP contribution is -2.36. The summed E-state index contributed by atoms with van der Waals surface area (Å²) in [5.41, 5.74) is -1.19. The van der Waals surface area contributed by atoms with Gasteiger partial charge < -0.3 is 10.6 Å². The van der Waals surface area contributed by atoms with E-state index in [-0.39, 0.29) is 11.6 Å². The number of amides is 1. The molecule has 1 amide bonds. The Hall–Kier alpha value is -1.56. The molecule has 1 fully saturated rings. The number of rotatable bonds is 0. The van der Waals surface area contributed by atoms with Crippen LogP contribution in [0.4, 0.5) is 18.9 Å². The molecular weight excluding hydrogens is 245 g/mol. The lowest BCUT2D eigenvalue weighted by atomic mass is 9.80. The number of hydrogen-bond donors (Lipinski definition) is 2. The zero-order valence-electron chi connectivity index (χ0n) is 9.40. The molecule has 3 nitrogen and oxygen atoms in total. The molecule has 1 spiro atoms. The smallest absolute Gasteiger partial charge is 0.324 e. The summed E-state index contributed by atoms with van der Waals surface area (Å²) >= 11 is 0. The van der Waals surface area contributed by atoms with E-state index in [1.165, 1.54) is 6.07 Å². The quantitative estimate of drug-likeness (QED) is 0.744. The SMILES string of the molecule is O=C1Nc2c(C(F)(F)F)cccc2C12CCNC2. The number of hydrogen-bond acceptors (Lipinski definition) is 2. The fourth-order valence-corrected chi connectivity index (χ4v) is 2.79. The molecule has 96 valence electrons. The maximum absolute atomic E-state index is 12.9. The summed E-state index contributed by atoms with van der Waals surface area (Å²) in [5.74, 6) is -0.334. The highest BCUT2D eigenvalue weighted by Gasteiger charge is 2.51. The van der Waals surface area contributed by atoms with Gasteiger partial charge in [-0.2, -0.15) is 13.2 Å². The van der Waals surface area contributed by atoms with Crippen LogP contribution in [-0.2, 0) is 16.4 Å². The molecule has 1 unspecified atom stereocenters. The summed E-state index contributed by atoms with van der Waals surface area (Å²) in [4.78, 5) is 12.0. The average molecular weight is 256 g/mol. The zero-order valence-corrected chi connectivity index (χ0v) is 9.40. The number of benzene rings is 1. The molecule has 18 heavy (non-hydrogen) atoms. The van der Waals surface area contributed by atoms with Crippen LogP contribution < -0.4 is 10.6 Å². The van der Waals surface area contributed by atoms with Crippen molar-refractivity contribution >= 4 is 11.6 Å². The Morgan fingerprint density at radius 3 is 2.67 bits per heavy atom. The predicted molar refractivity (Wildman–Crippen MR) is 59.2 cm³/mol. The Morgan fingerprint density at radius 2 is 2.06 bits per heavy atom. The predicted octanol–water partition coefficient (Wildman–Crippen LogP) is 1.89. The Bertz CT molecular complexity index is 519. The Kier molecular flexibility index (Phi) is 2.22. The highest BCUT2D eigenvalue weighted by Crippen LogP contribution is 2.47. The van der Waals surface area contributed by atoms with Crippen LogP contribution in [0.5, 0.6) is 0 Å². The van der Waals surface area contributed by atoms with Gasteiger partial charge in [0.1, 0.15) is 0 Å². The first-order valence-corrected chi connectivity index (χ1v) is 5.68. The number of para-hydroxylation sites is 1. The second kappa shape index (κ2) is 3.47.